The van der Waals surface area contributed by atoms with Gasteiger partial charge in [0.25, 0.3) is 0 Å². The number of nitrogens with zero attached hydrogens (tertiary/aromatic N) is 1. The van der Waals surface area contributed by atoms with Gasteiger partial charge in [-0.25, -0.2) is 0 Å². The first-order valence-corrected chi connectivity index (χ1v) is 6.14. The van der Waals surface area contributed by atoms with Crippen molar-refractivity contribution in [3.05, 3.63) is 0 Å². The van der Waals surface area contributed by atoms with E-state index in [0.717, 1.165) is 12.8 Å². The van der Waals surface area contributed by atoms with Gasteiger partial charge in [-0.3, -0.25) is 4.79 Å². The van der Waals surface area contributed by atoms with Crippen molar-refractivity contribution in [2.45, 2.75) is 64.1 Å². The molecule has 2 aliphatic rings. The minimum Gasteiger partial charge on any atom is -0.337 e. The van der Waals surface area contributed by atoms with E-state index in [0.29, 0.717) is 36.4 Å². The zero-order valence-electron chi connectivity index (χ0n) is 9.78. The Labute approximate surface area is 92.0 Å². The number of rotatable bonds is 2. The third kappa shape index (κ3) is 2.17. The Balaban J connectivity index is 2.01. The van der Waals surface area contributed by atoms with E-state index < -0.39 is 0 Å². The van der Waals surface area contributed by atoms with Crippen LogP contribution in [-0.4, -0.2) is 28.9 Å². The molecule has 2 N–H and O–H groups in total. The second-order valence-corrected chi connectivity index (χ2v) is 5.52. The molecule has 86 valence electrons. The first-order valence-electron chi connectivity index (χ1n) is 6.14. The Kier molecular flexibility index (Phi) is 3.01. The summed E-state index contributed by atoms with van der Waals surface area (Å²) in [5, 5.41) is 0. The number of amides is 1. The van der Waals surface area contributed by atoms with Gasteiger partial charge in [0.1, 0.15) is 0 Å². The van der Waals surface area contributed by atoms with E-state index in [2.05, 4.69) is 18.7 Å². The molecule has 0 spiro atoms. The summed E-state index contributed by atoms with van der Waals surface area (Å²) in [7, 11) is 0. The van der Waals surface area contributed by atoms with Crippen LogP contribution in [0.25, 0.3) is 0 Å². The molecule has 0 aromatic heterocycles. The molecular weight excluding hydrogens is 188 g/mol. The second-order valence-electron chi connectivity index (χ2n) is 5.52. The highest BCUT2D eigenvalue weighted by atomic mass is 16.2. The minimum atomic E-state index is 0.325. The molecule has 0 aromatic rings. The molecule has 15 heavy (non-hydrogen) atoms. The molecular formula is C12H22N2O. The van der Waals surface area contributed by atoms with E-state index >= 15 is 0 Å². The monoisotopic (exact) mass is 210 g/mol. The van der Waals surface area contributed by atoms with Crippen molar-refractivity contribution in [1.29, 1.82) is 0 Å². The molecule has 2 saturated heterocycles. The predicted molar refractivity (Wildman–Crippen MR) is 60.3 cm³/mol. The van der Waals surface area contributed by atoms with Crippen LogP contribution < -0.4 is 5.73 Å². The summed E-state index contributed by atoms with van der Waals surface area (Å²) in [5.41, 5.74) is 5.98. The first kappa shape index (κ1) is 10.9. The third-order valence-electron chi connectivity index (χ3n) is 3.64. The summed E-state index contributed by atoms with van der Waals surface area (Å²) in [6.07, 6.45) is 5.06. The van der Waals surface area contributed by atoms with Gasteiger partial charge < -0.3 is 10.6 Å². The van der Waals surface area contributed by atoms with E-state index in [-0.39, 0.29) is 0 Å². The fraction of sp³-hybridized carbons (Fsp3) is 0.917. The summed E-state index contributed by atoms with van der Waals surface area (Å²) in [4.78, 5) is 14.2. The van der Waals surface area contributed by atoms with Crippen LogP contribution in [0, 0.1) is 5.92 Å². The molecule has 0 aromatic carbocycles. The number of fused-ring (bicyclic) bond motifs is 2. The molecule has 3 heteroatoms. The summed E-state index contributed by atoms with van der Waals surface area (Å²) in [6, 6.07) is 1.22. The molecule has 3 nitrogen and oxygen atoms in total. The number of hydrogen-bond acceptors (Lipinski definition) is 2. The molecule has 2 heterocycles. The van der Waals surface area contributed by atoms with Gasteiger partial charge in [0.05, 0.1) is 0 Å². The molecule has 2 fully saturated rings. The Morgan fingerprint density at radius 1 is 1.33 bits per heavy atom. The predicted octanol–water partition coefficient (Wildman–Crippen LogP) is 1.51. The van der Waals surface area contributed by atoms with Crippen LogP contribution >= 0.6 is 0 Å². The fourth-order valence-electron chi connectivity index (χ4n) is 3.08. The fourth-order valence-corrected chi connectivity index (χ4v) is 3.08. The Morgan fingerprint density at radius 3 is 2.33 bits per heavy atom. The van der Waals surface area contributed by atoms with Gasteiger partial charge in [-0.05, 0) is 31.6 Å². The maximum absolute atomic E-state index is 12.1. The molecule has 0 aliphatic carbocycles. The van der Waals surface area contributed by atoms with Crippen LogP contribution in [0.5, 0.6) is 0 Å². The van der Waals surface area contributed by atoms with Gasteiger partial charge in [-0.15, -0.1) is 0 Å². The van der Waals surface area contributed by atoms with E-state index in [1.807, 2.05) is 0 Å². The minimum absolute atomic E-state index is 0.325. The topological polar surface area (TPSA) is 46.3 Å². The lowest BCUT2D eigenvalue weighted by Gasteiger charge is -2.38. The number of carbonyl (C=O) groups excluding carboxylic acids is 1. The lowest BCUT2D eigenvalue weighted by atomic mass is 9.97. The third-order valence-corrected chi connectivity index (χ3v) is 3.64. The quantitative estimate of drug-likeness (QED) is 0.751. The molecule has 2 unspecified atom stereocenters. The van der Waals surface area contributed by atoms with E-state index in [1.54, 1.807) is 0 Å². The molecule has 2 atom stereocenters. The molecule has 2 aliphatic heterocycles. The summed E-state index contributed by atoms with van der Waals surface area (Å²) < 4.78 is 0. The highest BCUT2D eigenvalue weighted by Gasteiger charge is 2.41. The van der Waals surface area contributed by atoms with Gasteiger partial charge in [0.2, 0.25) is 5.91 Å². The van der Waals surface area contributed by atoms with Crippen molar-refractivity contribution in [3.63, 3.8) is 0 Å². The number of piperidine rings is 1. The van der Waals surface area contributed by atoms with Gasteiger partial charge in [-0.1, -0.05) is 13.8 Å². The van der Waals surface area contributed by atoms with Crippen molar-refractivity contribution in [2.75, 3.05) is 0 Å². The highest BCUT2D eigenvalue weighted by Crippen LogP contribution is 2.35. The van der Waals surface area contributed by atoms with E-state index in [4.69, 9.17) is 5.73 Å². The number of carbonyl (C=O) groups is 1. The van der Waals surface area contributed by atoms with Gasteiger partial charge >= 0.3 is 0 Å². The van der Waals surface area contributed by atoms with Gasteiger partial charge in [0, 0.05) is 24.5 Å². The maximum Gasteiger partial charge on any atom is 0.223 e. The lowest BCUT2D eigenvalue weighted by molar-refractivity contribution is -0.136. The summed E-state index contributed by atoms with van der Waals surface area (Å²) in [5.74, 6) is 0.817. The molecule has 2 bridgehead atoms. The van der Waals surface area contributed by atoms with Crippen molar-refractivity contribution in [2.24, 2.45) is 11.7 Å². The smallest absolute Gasteiger partial charge is 0.223 e. The van der Waals surface area contributed by atoms with Crippen molar-refractivity contribution >= 4 is 5.91 Å². The zero-order valence-corrected chi connectivity index (χ0v) is 9.78. The van der Waals surface area contributed by atoms with E-state index in [9.17, 15) is 4.79 Å². The maximum atomic E-state index is 12.1. The Hall–Kier alpha value is -0.570. The van der Waals surface area contributed by atoms with Crippen LogP contribution in [0.3, 0.4) is 0 Å². The van der Waals surface area contributed by atoms with Crippen LogP contribution in [0.15, 0.2) is 0 Å². The molecule has 2 rings (SSSR count). The average molecular weight is 210 g/mol. The lowest BCUT2D eigenvalue weighted by Crippen LogP contribution is -2.50. The van der Waals surface area contributed by atoms with Gasteiger partial charge in [0.15, 0.2) is 0 Å². The normalized spacial score (nSPS) is 34.9. The number of hydrogen-bond donors (Lipinski definition) is 1. The summed E-state index contributed by atoms with van der Waals surface area (Å²) in [6.45, 7) is 4.21. The highest BCUT2D eigenvalue weighted by molar-refractivity contribution is 5.77. The van der Waals surface area contributed by atoms with Crippen LogP contribution in [0.4, 0.5) is 0 Å². The zero-order chi connectivity index (χ0) is 11.0. The van der Waals surface area contributed by atoms with Crippen molar-refractivity contribution in [1.82, 2.24) is 4.90 Å². The average Bonchev–Trinajstić information content (AvgIpc) is 2.38. The molecule has 0 saturated carbocycles. The standard InChI is InChI=1S/C12H22N2O/c1-8(2)5-12(15)14-10-3-4-11(14)7-9(13)6-10/h8-11H,3-7,13H2,1-2H3. The second kappa shape index (κ2) is 4.12. The molecule has 1 amide bonds. The Bertz CT molecular complexity index is 238. The largest absolute Gasteiger partial charge is 0.337 e. The first-order chi connectivity index (χ1) is 7.08. The van der Waals surface area contributed by atoms with Crippen LogP contribution in [0.2, 0.25) is 0 Å². The SMILES string of the molecule is CC(C)CC(=O)N1C2CCC1CC(N)C2. The van der Waals surface area contributed by atoms with Crippen LogP contribution in [0.1, 0.15) is 46.0 Å². The van der Waals surface area contributed by atoms with E-state index in [1.165, 1.54) is 12.8 Å². The van der Waals surface area contributed by atoms with Crippen molar-refractivity contribution < 1.29 is 4.79 Å². The van der Waals surface area contributed by atoms with Crippen molar-refractivity contribution in [3.8, 4) is 0 Å². The van der Waals surface area contributed by atoms with Gasteiger partial charge in [-0.2, -0.15) is 0 Å². The van der Waals surface area contributed by atoms with Crippen LogP contribution in [-0.2, 0) is 4.79 Å². The molecule has 0 radical (unpaired) electrons. The Morgan fingerprint density at radius 2 is 1.87 bits per heavy atom. The number of nitrogens with two attached hydrogens (primary N) is 1. The summed E-state index contributed by atoms with van der Waals surface area (Å²) >= 11 is 0.